The number of aryl methyl sites for hydroxylation is 1. The number of benzene rings is 1. The van der Waals surface area contributed by atoms with Gasteiger partial charge in [-0.15, -0.1) is 0 Å². The number of aromatic nitrogens is 2. The molecule has 1 N–H and O–H groups in total. The van der Waals surface area contributed by atoms with Crippen LogP contribution in [0.25, 0.3) is 0 Å². The summed E-state index contributed by atoms with van der Waals surface area (Å²) >= 11 is 5.82. The number of carbonyl (C=O) groups excluding carboxylic acids is 1. The summed E-state index contributed by atoms with van der Waals surface area (Å²) in [5.41, 5.74) is 1.59. The van der Waals surface area contributed by atoms with Gasteiger partial charge in [-0.25, -0.2) is 4.68 Å². The SMILES string of the molecule is Cc1nn(C(F)F)c(C)c1CC(=O)N(CC(=O)O)Cc1ccc(Cl)cc1. The van der Waals surface area contributed by atoms with E-state index in [4.69, 9.17) is 16.7 Å². The van der Waals surface area contributed by atoms with E-state index in [9.17, 15) is 18.4 Å². The molecular formula is C17H18ClF2N3O3. The van der Waals surface area contributed by atoms with E-state index < -0.39 is 25.0 Å². The maximum Gasteiger partial charge on any atom is 0.333 e. The van der Waals surface area contributed by atoms with Gasteiger partial charge < -0.3 is 10.0 Å². The molecule has 0 saturated heterocycles. The number of rotatable bonds is 7. The van der Waals surface area contributed by atoms with Gasteiger partial charge in [0.15, 0.2) is 0 Å². The standard InChI is InChI=1S/C17H18ClF2N3O3/c1-10-14(11(2)23(21-10)17(19)20)7-15(24)22(9-16(25)26)8-12-3-5-13(18)6-4-12/h3-6,17H,7-9H2,1-2H3,(H,25,26). The van der Waals surface area contributed by atoms with Crippen LogP contribution in [0.15, 0.2) is 24.3 Å². The minimum absolute atomic E-state index is 0.0728. The summed E-state index contributed by atoms with van der Waals surface area (Å²) in [6.07, 6.45) is -0.203. The fourth-order valence-electron chi connectivity index (χ4n) is 2.61. The fraction of sp³-hybridized carbons (Fsp3) is 0.353. The van der Waals surface area contributed by atoms with Crippen molar-refractivity contribution in [3.05, 3.63) is 51.8 Å². The first-order valence-electron chi connectivity index (χ1n) is 7.75. The van der Waals surface area contributed by atoms with Gasteiger partial charge in [-0.1, -0.05) is 23.7 Å². The number of amides is 1. The minimum atomic E-state index is -2.80. The van der Waals surface area contributed by atoms with Gasteiger partial charge in [0.2, 0.25) is 5.91 Å². The molecule has 6 nitrogen and oxygen atoms in total. The summed E-state index contributed by atoms with van der Waals surface area (Å²) in [5.74, 6) is -1.65. The Balaban J connectivity index is 2.21. The molecule has 0 fully saturated rings. The summed E-state index contributed by atoms with van der Waals surface area (Å²) in [7, 11) is 0. The van der Waals surface area contributed by atoms with Crippen molar-refractivity contribution >= 4 is 23.5 Å². The van der Waals surface area contributed by atoms with Crippen LogP contribution in [0.5, 0.6) is 0 Å². The van der Waals surface area contributed by atoms with Gasteiger partial charge in [-0.3, -0.25) is 9.59 Å². The number of halogens is 3. The van der Waals surface area contributed by atoms with Crippen LogP contribution < -0.4 is 0 Å². The van der Waals surface area contributed by atoms with Crippen molar-refractivity contribution in [1.29, 1.82) is 0 Å². The van der Waals surface area contributed by atoms with E-state index in [0.29, 0.717) is 26.5 Å². The number of carboxylic acids is 1. The Bertz CT molecular complexity index is 806. The van der Waals surface area contributed by atoms with Gasteiger partial charge in [-0.05, 0) is 31.5 Å². The molecule has 9 heteroatoms. The second-order valence-electron chi connectivity index (χ2n) is 5.82. The average Bonchev–Trinajstić information content (AvgIpc) is 2.84. The Morgan fingerprint density at radius 3 is 2.38 bits per heavy atom. The largest absolute Gasteiger partial charge is 0.480 e. The predicted molar refractivity (Wildman–Crippen MR) is 91.2 cm³/mol. The molecule has 0 bridgehead atoms. The van der Waals surface area contributed by atoms with Crippen molar-refractivity contribution in [3.63, 3.8) is 0 Å². The maximum absolute atomic E-state index is 12.9. The van der Waals surface area contributed by atoms with Crippen molar-refractivity contribution in [2.45, 2.75) is 33.4 Å². The molecule has 1 aromatic heterocycles. The Hall–Kier alpha value is -2.48. The molecule has 0 aliphatic carbocycles. The number of hydrogen-bond acceptors (Lipinski definition) is 3. The molecule has 2 aromatic rings. The second-order valence-corrected chi connectivity index (χ2v) is 6.25. The van der Waals surface area contributed by atoms with Crippen molar-refractivity contribution in [2.75, 3.05) is 6.54 Å². The lowest BCUT2D eigenvalue weighted by Crippen LogP contribution is -2.36. The lowest BCUT2D eigenvalue weighted by molar-refractivity contribution is -0.144. The first kappa shape index (κ1) is 19.8. The van der Waals surface area contributed by atoms with Gasteiger partial charge >= 0.3 is 12.5 Å². The zero-order chi connectivity index (χ0) is 19.4. The van der Waals surface area contributed by atoms with Crippen LogP contribution in [0.3, 0.4) is 0 Å². The van der Waals surface area contributed by atoms with Crippen molar-refractivity contribution in [3.8, 4) is 0 Å². The first-order chi connectivity index (χ1) is 12.2. The van der Waals surface area contributed by atoms with E-state index in [1.807, 2.05) is 0 Å². The molecule has 0 saturated carbocycles. The number of carboxylic acid groups (broad SMARTS) is 1. The van der Waals surface area contributed by atoms with Gasteiger partial charge in [0, 0.05) is 22.8 Å². The molecule has 0 radical (unpaired) electrons. The molecule has 0 spiro atoms. The van der Waals surface area contributed by atoms with Gasteiger partial charge in [0.1, 0.15) is 6.54 Å². The summed E-state index contributed by atoms with van der Waals surface area (Å²) in [6, 6.07) is 6.66. The maximum atomic E-state index is 12.9. The van der Waals surface area contributed by atoms with Crippen LogP contribution >= 0.6 is 11.6 Å². The third kappa shape index (κ3) is 4.78. The van der Waals surface area contributed by atoms with Crippen LogP contribution in [0.4, 0.5) is 8.78 Å². The molecule has 1 amide bonds. The normalized spacial score (nSPS) is 11.0. The van der Waals surface area contributed by atoms with Crippen molar-refractivity contribution < 1.29 is 23.5 Å². The highest BCUT2D eigenvalue weighted by Gasteiger charge is 2.23. The quantitative estimate of drug-likeness (QED) is 0.794. The van der Waals surface area contributed by atoms with Crippen LogP contribution in [0.2, 0.25) is 5.02 Å². The molecule has 1 aromatic carbocycles. The number of carbonyl (C=O) groups is 2. The topological polar surface area (TPSA) is 75.4 Å². The molecule has 1 heterocycles. The summed E-state index contributed by atoms with van der Waals surface area (Å²) in [4.78, 5) is 24.9. The molecule has 0 unspecified atom stereocenters. The van der Waals surface area contributed by atoms with Crippen molar-refractivity contribution in [1.82, 2.24) is 14.7 Å². The summed E-state index contributed by atoms with van der Waals surface area (Å²) in [6.45, 7) is -0.238. The number of alkyl halides is 2. The van der Waals surface area contributed by atoms with Gasteiger partial charge in [0.05, 0.1) is 12.1 Å². The number of hydrogen-bond donors (Lipinski definition) is 1. The van der Waals surface area contributed by atoms with E-state index in [-0.39, 0.29) is 18.7 Å². The van der Waals surface area contributed by atoms with Gasteiger partial charge in [0.25, 0.3) is 0 Å². The van der Waals surface area contributed by atoms with E-state index >= 15 is 0 Å². The minimum Gasteiger partial charge on any atom is -0.480 e. The summed E-state index contributed by atoms with van der Waals surface area (Å²) < 4.78 is 26.4. The zero-order valence-corrected chi connectivity index (χ0v) is 15.0. The molecule has 26 heavy (non-hydrogen) atoms. The smallest absolute Gasteiger partial charge is 0.333 e. The van der Waals surface area contributed by atoms with Crippen LogP contribution in [-0.4, -0.2) is 38.2 Å². The predicted octanol–water partition coefficient (Wildman–Crippen LogP) is 3.20. The Labute approximate surface area is 154 Å². The highest BCUT2D eigenvalue weighted by Crippen LogP contribution is 2.21. The molecule has 2 rings (SSSR count). The fourth-order valence-corrected chi connectivity index (χ4v) is 2.74. The highest BCUT2D eigenvalue weighted by molar-refractivity contribution is 6.30. The number of aliphatic carboxylic acids is 1. The zero-order valence-electron chi connectivity index (χ0n) is 14.2. The van der Waals surface area contributed by atoms with E-state index in [2.05, 4.69) is 5.10 Å². The van der Waals surface area contributed by atoms with Crippen LogP contribution in [-0.2, 0) is 22.6 Å². The second kappa shape index (κ2) is 8.27. The van der Waals surface area contributed by atoms with E-state index in [1.54, 1.807) is 24.3 Å². The van der Waals surface area contributed by atoms with E-state index in [1.165, 1.54) is 13.8 Å². The van der Waals surface area contributed by atoms with Gasteiger partial charge in [-0.2, -0.15) is 13.9 Å². The van der Waals surface area contributed by atoms with Crippen molar-refractivity contribution in [2.24, 2.45) is 0 Å². The van der Waals surface area contributed by atoms with Crippen LogP contribution in [0, 0.1) is 13.8 Å². The Morgan fingerprint density at radius 2 is 1.88 bits per heavy atom. The third-order valence-corrected chi connectivity index (χ3v) is 4.21. The lowest BCUT2D eigenvalue weighted by Gasteiger charge is -2.21. The van der Waals surface area contributed by atoms with E-state index in [0.717, 1.165) is 4.90 Å². The first-order valence-corrected chi connectivity index (χ1v) is 8.13. The Kier molecular flexibility index (Phi) is 6.31. The monoisotopic (exact) mass is 385 g/mol. The molecule has 0 aliphatic rings. The Morgan fingerprint density at radius 1 is 1.27 bits per heavy atom. The molecule has 140 valence electrons. The molecule has 0 aliphatic heterocycles. The molecular weight excluding hydrogens is 368 g/mol. The molecule has 0 atom stereocenters. The lowest BCUT2D eigenvalue weighted by atomic mass is 10.1. The third-order valence-electron chi connectivity index (χ3n) is 3.95. The number of nitrogens with zero attached hydrogens (tertiary/aromatic N) is 3. The average molecular weight is 386 g/mol. The summed E-state index contributed by atoms with van der Waals surface area (Å²) in [5, 5.41) is 13.3. The van der Waals surface area contributed by atoms with Crippen LogP contribution in [0.1, 0.15) is 29.1 Å². The highest BCUT2D eigenvalue weighted by atomic mass is 35.5.